The molecule has 1 atom stereocenters. The first-order valence-corrected chi connectivity index (χ1v) is 9.19. The quantitative estimate of drug-likeness (QED) is 0.715. The summed E-state index contributed by atoms with van der Waals surface area (Å²) >= 11 is 0. The van der Waals surface area contributed by atoms with E-state index in [1.54, 1.807) is 18.2 Å². The third kappa shape index (κ3) is 3.70. The van der Waals surface area contributed by atoms with Crippen LogP contribution >= 0.6 is 0 Å². The Morgan fingerprint density at radius 2 is 1.75 bits per heavy atom. The van der Waals surface area contributed by atoms with Gasteiger partial charge in [0.2, 0.25) is 5.91 Å². The van der Waals surface area contributed by atoms with Crippen LogP contribution in [0.3, 0.4) is 0 Å². The fraction of sp³-hybridized carbons (Fsp3) is 0.174. The van der Waals surface area contributed by atoms with Gasteiger partial charge >= 0.3 is 0 Å². The van der Waals surface area contributed by atoms with Crippen molar-refractivity contribution in [2.75, 3.05) is 13.7 Å². The van der Waals surface area contributed by atoms with Gasteiger partial charge in [-0.15, -0.1) is 0 Å². The zero-order valence-corrected chi connectivity index (χ0v) is 15.6. The van der Waals surface area contributed by atoms with Crippen molar-refractivity contribution in [1.29, 1.82) is 0 Å². The maximum Gasteiger partial charge on any atom is 0.235 e. The minimum absolute atomic E-state index is 0.0158. The lowest BCUT2D eigenvalue weighted by molar-refractivity contribution is -0.118. The number of carbonyl (C=O) groups is 1. The molecule has 0 aliphatic carbocycles. The largest absolute Gasteiger partial charge is 0.504 e. The average molecular weight is 374 g/mol. The van der Waals surface area contributed by atoms with E-state index >= 15 is 0 Å². The molecule has 3 aromatic rings. The van der Waals surface area contributed by atoms with E-state index in [1.165, 1.54) is 18.2 Å². The molecule has 3 aromatic carbocycles. The summed E-state index contributed by atoms with van der Waals surface area (Å²) < 4.78 is 5.20. The Hall–Kier alpha value is -3.31. The first-order chi connectivity index (χ1) is 13.6. The summed E-state index contributed by atoms with van der Waals surface area (Å²) in [6.45, 7) is 0.968. The highest BCUT2D eigenvalue weighted by Crippen LogP contribution is 2.32. The van der Waals surface area contributed by atoms with Gasteiger partial charge in [0.1, 0.15) is 6.17 Å². The molecule has 1 saturated heterocycles. The summed E-state index contributed by atoms with van der Waals surface area (Å²) in [5, 5.41) is 12.8. The van der Waals surface area contributed by atoms with Crippen LogP contribution in [-0.4, -0.2) is 29.6 Å². The fourth-order valence-corrected chi connectivity index (χ4v) is 3.54. The lowest BCUT2D eigenvalue weighted by Gasteiger charge is -2.24. The number of carbonyl (C=O) groups excluding carboxylic acids is 1. The number of phenolic OH excluding ortho intramolecular Hbond substituents is 1. The van der Waals surface area contributed by atoms with Gasteiger partial charge in [0.25, 0.3) is 0 Å². The molecule has 0 saturated carbocycles. The van der Waals surface area contributed by atoms with Crippen LogP contribution in [0.2, 0.25) is 0 Å². The Labute approximate surface area is 164 Å². The van der Waals surface area contributed by atoms with Crippen molar-refractivity contribution in [2.45, 2.75) is 12.7 Å². The van der Waals surface area contributed by atoms with Crippen molar-refractivity contribution in [3.8, 4) is 22.6 Å². The number of rotatable bonds is 5. The van der Waals surface area contributed by atoms with Gasteiger partial charge in [-0.1, -0.05) is 60.7 Å². The molecule has 1 aliphatic rings. The number of phenols is 1. The minimum atomic E-state index is -0.254. The molecule has 5 nitrogen and oxygen atoms in total. The first kappa shape index (κ1) is 18.1. The number of ether oxygens (including phenoxy) is 1. The number of benzene rings is 3. The average Bonchev–Trinajstić information content (AvgIpc) is 3.09. The Balaban J connectivity index is 1.54. The third-order valence-corrected chi connectivity index (χ3v) is 4.98. The van der Waals surface area contributed by atoms with Crippen LogP contribution in [0.15, 0.2) is 72.8 Å². The molecule has 5 heteroatoms. The van der Waals surface area contributed by atoms with Crippen LogP contribution < -0.4 is 10.1 Å². The molecule has 1 heterocycles. The van der Waals surface area contributed by atoms with Crippen molar-refractivity contribution in [3.05, 3.63) is 83.9 Å². The Morgan fingerprint density at radius 1 is 1.04 bits per heavy atom. The second-order valence-electron chi connectivity index (χ2n) is 6.87. The number of hydrogen-bond donors (Lipinski definition) is 2. The monoisotopic (exact) mass is 374 g/mol. The Bertz CT molecular complexity index is 971. The minimum Gasteiger partial charge on any atom is -0.504 e. The molecule has 142 valence electrons. The smallest absolute Gasteiger partial charge is 0.235 e. The van der Waals surface area contributed by atoms with E-state index in [9.17, 15) is 9.90 Å². The summed E-state index contributed by atoms with van der Waals surface area (Å²) in [6, 6.07) is 23.8. The molecule has 2 N–H and O–H groups in total. The predicted molar refractivity (Wildman–Crippen MR) is 108 cm³/mol. The number of hydrogen-bond acceptors (Lipinski definition) is 4. The summed E-state index contributed by atoms with van der Waals surface area (Å²) in [5.74, 6) is 0.461. The van der Waals surface area contributed by atoms with Crippen LogP contribution in [0, 0.1) is 0 Å². The van der Waals surface area contributed by atoms with Crippen molar-refractivity contribution in [1.82, 2.24) is 10.2 Å². The summed E-state index contributed by atoms with van der Waals surface area (Å²) in [5.41, 5.74) is 4.36. The van der Waals surface area contributed by atoms with Gasteiger partial charge in [-0.3, -0.25) is 9.69 Å². The molecule has 0 spiro atoms. The maximum atomic E-state index is 12.1. The van der Waals surface area contributed by atoms with Crippen molar-refractivity contribution >= 4 is 5.91 Å². The highest BCUT2D eigenvalue weighted by Gasteiger charge is 2.31. The highest BCUT2D eigenvalue weighted by molar-refractivity contribution is 5.80. The predicted octanol–water partition coefficient (Wildman–Crippen LogP) is 3.70. The standard InChI is InChI=1S/C23H22N2O3/c1-28-21-13-19(11-12-20(21)26)23-24-22(27)15-25(23)14-16-7-9-18(10-8-16)17-5-3-2-4-6-17/h2-13,23,26H,14-15H2,1H3,(H,24,27)/t23-/m0/s1. The van der Waals surface area contributed by atoms with Crippen LogP contribution in [0.1, 0.15) is 17.3 Å². The lowest BCUT2D eigenvalue weighted by Crippen LogP contribution is -2.27. The molecule has 4 rings (SSSR count). The fourth-order valence-electron chi connectivity index (χ4n) is 3.54. The van der Waals surface area contributed by atoms with Gasteiger partial charge in [0.05, 0.1) is 13.7 Å². The van der Waals surface area contributed by atoms with Crippen LogP contribution in [0.25, 0.3) is 11.1 Å². The number of nitrogens with zero attached hydrogens (tertiary/aromatic N) is 1. The molecule has 0 radical (unpaired) electrons. The Kier molecular flexibility index (Phi) is 5.00. The van der Waals surface area contributed by atoms with Crippen molar-refractivity contribution in [2.24, 2.45) is 0 Å². The molecule has 0 unspecified atom stereocenters. The molecule has 1 amide bonds. The number of nitrogens with one attached hydrogen (secondary N) is 1. The van der Waals surface area contributed by atoms with Gasteiger partial charge in [-0.05, 0) is 34.4 Å². The second-order valence-corrected chi connectivity index (χ2v) is 6.87. The van der Waals surface area contributed by atoms with E-state index in [2.05, 4.69) is 46.6 Å². The van der Waals surface area contributed by atoms with E-state index in [1.807, 2.05) is 18.2 Å². The molecule has 0 aromatic heterocycles. The summed E-state index contributed by atoms with van der Waals surface area (Å²) in [4.78, 5) is 14.1. The SMILES string of the molecule is COc1cc([C@H]2NC(=O)CN2Cc2ccc(-c3ccccc3)cc2)ccc1O. The van der Waals surface area contributed by atoms with Crippen LogP contribution in [0.4, 0.5) is 0 Å². The molecular weight excluding hydrogens is 352 g/mol. The summed E-state index contributed by atoms with van der Waals surface area (Å²) in [7, 11) is 1.51. The topological polar surface area (TPSA) is 61.8 Å². The number of methoxy groups -OCH3 is 1. The van der Waals surface area contributed by atoms with Crippen molar-refractivity contribution < 1.29 is 14.6 Å². The Morgan fingerprint density at radius 3 is 2.46 bits per heavy atom. The van der Waals surface area contributed by atoms with Gasteiger partial charge in [0, 0.05) is 6.54 Å². The van der Waals surface area contributed by atoms with Gasteiger partial charge in [-0.2, -0.15) is 0 Å². The van der Waals surface area contributed by atoms with Gasteiger partial charge < -0.3 is 15.2 Å². The van der Waals surface area contributed by atoms with Crippen molar-refractivity contribution in [3.63, 3.8) is 0 Å². The van der Waals surface area contributed by atoms with Gasteiger partial charge in [0.15, 0.2) is 11.5 Å². The first-order valence-electron chi connectivity index (χ1n) is 9.19. The molecular formula is C23H22N2O3. The zero-order chi connectivity index (χ0) is 19.5. The third-order valence-electron chi connectivity index (χ3n) is 4.98. The summed E-state index contributed by atoms with van der Waals surface area (Å²) in [6.07, 6.45) is -0.254. The highest BCUT2D eigenvalue weighted by atomic mass is 16.5. The van der Waals surface area contributed by atoms with E-state index < -0.39 is 0 Å². The lowest BCUT2D eigenvalue weighted by atomic mass is 10.0. The zero-order valence-electron chi connectivity index (χ0n) is 15.6. The normalized spacial score (nSPS) is 16.8. The molecule has 1 fully saturated rings. The van der Waals surface area contributed by atoms with Gasteiger partial charge in [-0.25, -0.2) is 0 Å². The molecule has 28 heavy (non-hydrogen) atoms. The van der Waals surface area contributed by atoms with E-state index in [4.69, 9.17) is 4.74 Å². The van der Waals surface area contributed by atoms with Crippen LogP contribution in [-0.2, 0) is 11.3 Å². The second kappa shape index (κ2) is 7.74. The number of aromatic hydroxyl groups is 1. The number of amides is 1. The van der Waals surface area contributed by atoms with Crippen LogP contribution in [0.5, 0.6) is 11.5 Å². The molecule has 1 aliphatic heterocycles. The van der Waals surface area contributed by atoms with E-state index in [0.29, 0.717) is 18.8 Å². The van der Waals surface area contributed by atoms with E-state index in [-0.39, 0.29) is 17.8 Å². The molecule has 0 bridgehead atoms. The maximum absolute atomic E-state index is 12.1. The van der Waals surface area contributed by atoms with E-state index in [0.717, 1.165) is 11.1 Å².